The number of hydrogen-bond donors (Lipinski definition) is 0. The summed E-state index contributed by atoms with van der Waals surface area (Å²) in [4.78, 5) is 26.4. The predicted molar refractivity (Wildman–Crippen MR) is 93.1 cm³/mol. The summed E-state index contributed by atoms with van der Waals surface area (Å²) in [6.07, 6.45) is -3.46. The van der Waals surface area contributed by atoms with Crippen LogP contribution in [0, 0.1) is 11.3 Å². The Morgan fingerprint density at radius 1 is 1.23 bits per heavy atom. The van der Waals surface area contributed by atoms with E-state index in [1.807, 2.05) is 0 Å². The summed E-state index contributed by atoms with van der Waals surface area (Å²) >= 11 is 3.21. The Kier molecular flexibility index (Phi) is 4.83. The summed E-state index contributed by atoms with van der Waals surface area (Å²) in [6.45, 7) is 2.70. The quantitative estimate of drug-likeness (QED) is 0.729. The molecule has 1 aliphatic carbocycles. The summed E-state index contributed by atoms with van der Waals surface area (Å²) in [5.74, 6) is -0.897. The normalized spacial score (nSPS) is 20.3. The minimum atomic E-state index is -4.55. The molecule has 26 heavy (non-hydrogen) atoms. The molecule has 2 amide bonds. The monoisotopic (exact) mass is 432 g/mol. The van der Waals surface area contributed by atoms with Gasteiger partial charge in [0.05, 0.1) is 0 Å². The highest BCUT2D eigenvalue weighted by Crippen LogP contribution is 2.53. The van der Waals surface area contributed by atoms with Gasteiger partial charge in [0.1, 0.15) is 0 Å². The molecule has 2 aliphatic rings. The number of alkyl halides is 3. The Balaban J connectivity index is 1.68. The van der Waals surface area contributed by atoms with Gasteiger partial charge in [-0.2, -0.15) is 13.2 Å². The highest BCUT2D eigenvalue weighted by molar-refractivity contribution is 9.10. The predicted octanol–water partition coefficient (Wildman–Crippen LogP) is 3.77. The van der Waals surface area contributed by atoms with Crippen LogP contribution in [-0.4, -0.2) is 47.9 Å². The number of halogens is 4. The maximum absolute atomic E-state index is 13.6. The molecule has 1 heterocycles. The Labute approximate surface area is 158 Å². The summed E-state index contributed by atoms with van der Waals surface area (Å²) in [7, 11) is 1.22. The van der Waals surface area contributed by atoms with Gasteiger partial charge in [-0.05, 0) is 30.5 Å². The maximum Gasteiger partial charge on any atom is 0.413 e. The standard InChI is InChI=1S/C18H20BrF3N2O2/c1-11(25)24-9-17(10-24)7-13(8-17)16(26)23(2)15(18(20,21)22)12-3-5-14(19)6-4-12/h3-6,13,15H,7-10H2,1-2H3/t15-/m0/s1. The van der Waals surface area contributed by atoms with Gasteiger partial charge in [0, 0.05) is 42.9 Å². The Bertz CT molecular complexity index is 706. The third kappa shape index (κ3) is 3.48. The Morgan fingerprint density at radius 2 is 1.77 bits per heavy atom. The zero-order chi connectivity index (χ0) is 19.3. The van der Waals surface area contributed by atoms with Crippen molar-refractivity contribution in [3.63, 3.8) is 0 Å². The van der Waals surface area contributed by atoms with Crippen molar-refractivity contribution in [2.24, 2.45) is 11.3 Å². The summed E-state index contributed by atoms with van der Waals surface area (Å²) < 4.78 is 41.5. The molecular formula is C18H20BrF3N2O2. The van der Waals surface area contributed by atoms with E-state index in [9.17, 15) is 22.8 Å². The van der Waals surface area contributed by atoms with Gasteiger partial charge in [0.2, 0.25) is 11.8 Å². The van der Waals surface area contributed by atoms with Gasteiger partial charge < -0.3 is 9.80 Å². The number of hydrogen-bond acceptors (Lipinski definition) is 2. The molecule has 2 fully saturated rings. The van der Waals surface area contributed by atoms with E-state index in [0.29, 0.717) is 30.4 Å². The van der Waals surface area contributed by atoms with Crippen molar-refractivity contribution in [2.75, 3.05) is 20.1 Å². The summed E-state index contributed by atoms with van der Waals surface area (Å²) in [5.41, 5.74) is -0.0324. The van der Waals surface area contributed by atoms with E-state index in [4.69, 9.17) is 0 Å². The number of likely N-dealkylation sites (tertiary alicyclic amines) is 1. The fourth-order valence-corrected chi connectivity index (χ4v) is 4.36. The second-order valence-electron chi connectivity index (χ2n) is 7.43. The van der Waals surface area contributed by atoms with Crippen molar-refractivity contribution < 1.29 is 22.8 Å². The fraction of sp³-hybridized carbons (Fsp3) is 0.556. The zero-order valence-electron chi connectivity index (χ0n) is 14.5. The fourth-order valence-electron chi connectivity index (χ4n) is 4.10. The van der Waals surface area contributed by atoms with Crippen LogP contribution in [0.5, 0.6) is 0 Å². The van der Waals surface area contributed by atoms with Crippen LogP contribution in [0.3, 0.4) is 0 Å². The van der Waals surface area contributed by atoms with Crippen LogP contribution < -0.4 is 0 Å². The molecule has 3 rings (SSSR count). The van der Waals surface area contributed by atoms with E-state index in [-0.39, 0.29) is 16.9 Å². The molecular weight excluding hydrogens is 413 g/mol. The van der Waals surface area contributed by atoms with Gasteiger partial charge in [-0.3, -0.25) is 9.59 Å². The Hall–Kier alpha value is -1.57. The molecule has 1 saturated heterocycles. The third-order valence-corrected chi connectivity index (χ3v) is 5.97. The lowest BCUT2D eigenvalue weighted by molar-refractivity contribution is -0.196. The summed E-state index contributed by atoms with van der Waals surface area (Å²) in [6, 6.07) is 3.87. The van der Waals surface area contributed by atoms with E-state index in [1.165, 1.54) is 38.2 Å². The number of carbonyl (C=O) groups is 2. The minimum absolute atomic E-state index is 0.00473. The average Bonchev–Trinajstić information content (AvgIpc) is 2.44. The van der Waals surface area contributed by atoms with E-state index in [2.05, 4.69) is 15.9 Å². The molecule has 0 radical (unpaired) electrons. The highest BCUT2D eigenvalue weighted by atomic mass is 79.9. The molecule has 0 unspecified atom stereocenters. The summed E-state index contributed by atoms with van der Waals surface area (Å²) in [5, 5.41) is 0. The molecule has 1 atom stereocenters. The number of benzene rings is 1. The van der Waals surface area contributed by atoms with Crippen LogP contribution in [-0.2, 0) is 9.59 Å². The molecule has 1 aliphatic heterocycles. The zero-order valence-corrected chi connectivity index (χ0v) is 16.1. The molecule has 1 spiro atoms. The van der Waals surface area contributed by atoms with Gasteiger partial charge in [-0.15, -0.1) is 0 Å². The van der Waals surface area contributed by atoms with Crippen LogP contribution >= 0.6 is 15.9 Å². The topological polar surface area (TPSA) is 40.6 Å². The van der Waals surface area contributed by atoms with Crippen molar-refractivity contribution >= 4 is 27.7 Å². The molecule has 8 heteroatoms. The van der Waals surface area contributed by atoms with E-state index < -0.39 is 24.0 Å². The highest BCUT2D eigenvalue weighted by Gasteiger charge is 2.56. The van der Waals surface area contributed by atoms with Gasteiger partial charge in [-0.25, -0.2) is 0 Å². The van der Waals surface area contributed by atoms with Crippen molar-refractivity contribution in [2.45, 2.75) is 32.0 Å². The lowest BCUT2D eigenvalue weighted by Gasteiger charge is -2.58. The first-order chi connectivity index (χ1) is 12.0. The van der Waals surface area contributed by atoms with E-state index in [0.717, 1.165) is 4.90 Å². The van der Waals surface area contributed by atoms with E-state index >= 15 is 0 Å². The SMILES string of the molecule is CC(=O)N1CC2(CC(C(=O)N(C)[C@@H](c3ccc(Br)cc3)C(F)(F)F)C2)C1. The molecule has 0 bridgehead atoms. The number of carbonyl (C=O) groups excluding carboxylic acids is 2. The molecule has 1 aromatic carbocycles. The molecule has 0 aromatic heterocycles. The van der Waals surface area contributed by atoms with Gasteiger partial charge >= 0.3 is 6.18 Å². The van der Waals surface area contributed by atoms with Crippen molar-refractivity contribution in [3.8, 4) is 0 Å². The third-order valence-electron chi connectivity index (χ3n) is 5.44. The molecule has 4 nitrogen and oxygen atoms in total. The van der Waals surface area contributed by atoms with Crippen LogP contribution in [0.4, 0.5) is 13.2 Å². The smallest absolute Gasteiger partial charge is 0.342 e. The van der Waals surface area contributed by atoms with Crippen molar-refractivity contribution in [1.82, 2.24) is 9.80 Å². The van der Waals surface area contributed by atoms with Crippen molar-refractivity contribution in [3.05, 3.63) is 34.3 Å². The Morgan fingerprint density at radius 3 is 2.23 bits per heavy atom. The first kappa shape index (κ1) is 19.2. The van der Waals surface area contributed by atoms with Crippen LogP contribution in [0.15, 0.2) is 28.7 Å². The van der Waals surface area contributed by atoms with Gasteiger partial charge in [0.15, 0.2) is 6.04 Å². The largest absolute Gasteiger partial charge is 0.413 e. The maximum atomic E-state index is 13.6. The number of nitrogens with zero attached hydrogens (tertiary/aromatic N) is 2. The lowest BCUT2D eigenvalue weighted by Crippen LogP contribution is -2.65. The second-order valence-corrected chi connectivity index (χ2v) is 8.34. The minimum Gasteiger partial charge on any atom is -0.342 e. The van der Waals surface area contributed by atoms with Gasteiger partial charge in [0.25, 0.3) is 0 Å². The molecule has 0 N–H and O–H groups in total. The van der Waals surface area contributed by atoms with Crippen LogP contribution in [0.1, 0.15) is 31.4 Å². The number of rotatable bonds is 3. The first-order valence-electron chi connectivity index (χ1n) is 8.37. The number of amides is 2. The molecule has 1 aromatic rings. The second kappa shape index (κ2) is 6.55. The van der Waals surface area contributed by atoms with Gasteiger partial charge in [-0.1, -0.05) is 28.1 Å². The molecule has 142 valence electrons. The first-order valence-corrected chi connectivity index (χ1v) is 9.16. The van der Waals surface area contributed by atoms with E-state index in [1.54, 1.807) is 4.90 Å². The molecule has 1 saturated carbocycles. The van der Waals surface area contributed by atoms with Crippen molar-refractivity contribution in [1.29, 1.82) is 0 Å². The van der Waals surface area contributed by atoms with Crippen LogP contribution in [0.25, 0.3) is 0 Å². The lowest BCUT2D eigenvalue weighted by atomic mass is 9.57. The van der Waals surface area contributed by atoms with Crippen LogP contribution in [0.2, 0.25) is 0 Å². The average molecular weight is 433 g/mol.